The van der Waals surface area contributed by atoms with Crippen LogP contribution in [0.4, 0.5) is 5.69 Å². The highest BCUT2D eigenvalue weighted by Gasteiger charge is 2.15. The number of rotatable bonds is 7. The van der Waals surface area contributed by atoms with Crippen molar-refractivity contribution in [1.29, 1.82) is 5.26 Å². The highest BCUT2D eigenvalue weighted by atomic mass is 127. The molecule has 0 fully saturated rings. The number of hydrogen-bond acceptors (Lipinski definition) is 3. The van der Waals surface area contributed by atoms with E-state index in [9.17, 15) is 10.1 Å². The van der Waals surface area contributed by atoms with Gasteiger partial charge in [0.15, 0.2) is 0 Å². The summed E-state index contributed by atoms with van der Waals surface area (Å²) in [6.07, 6.45) is 2.32. The van der Waals surface area contributed by atoms with E-state index in [4.69, 9.17) is 16.3 Å². The Morgan fingerprint density at radius 3 is 2.47 bits per heavy atom. The van der Waals surface area contributed by atoms with Gasteiger partial charge in [0.25, 0.3) is 5.91 Å². The van der Waals surface area contributed by atoms with E-state index >= 15 is 0 Å². The first-order chi connectivity index (χ1) is 16.2. The van der Waals surface area contributed by atoms with Crippen molar-refractivity contribution in [1.82, 2.24) is 0 Å². The third-order valence-electron chi connectivity index (χ3n) is 5.26. The average molecular weight is 585 g/mol. The molecule has 34 heavy (non-hydrogen) atoms. The zero-order valence-electron chi connectivity index (χ0n) is 19.6. The molecule has 0 aromatic heterocycles. The standard InChI is InChI=1S/C28H26ClIN2O2/c1-5-34-27-14-21(13-25(30)24(27)12-20-9-17(2)8-18(3)10-20)11-22(16-31)28(33)32-26-15-23(29)7-6-19(26)4/h6-11,13-15H,5,12H2,1-4H3,(H,32,33)/b22-11+. The van der Waals surface area contributed by atoms with Crippen molar-refractivity contribution >= 4 is 51.9 Å². The quantitative estimate of drug-likeness (QED) is 0.179. The van der Waals surface area contributed by atoms with Gasteiger partial charge < -0.3 is 10.1 Å². The second-order valence-electron chi connectivity index (χ2n) is 8.17. The largest absolute Gasteiger partial charge is 0.494 e. The van der Waals surface area contributed by atoms with E-state index in [1.54, 1.807) is 18.2 Å². The smallest absolute Gasteiger partial charge is 0.266 e. The lowest BCUT2D eigenvalue weighted by atomic mass is 9.98. The van der Waals surface area contributed by atoms with Crippen LogP contribution in [0.25, 0.3) is 6.08 Å². The highest BCUT2D eigenvalue weighted by Crippen LogP contribution is 2.31. The summed E-state index contributed by atoms with van der Waals surface area (Å²) in [5, 5.41) is 13.0. The van der Waals surface area contributed by atoms with Crippen LogP contribution in [0.15, 0.2) is 54.1 Å². The van der Waals surface area contributed by atoms with E-state index in [0.717, 1.165) is 32.4 Å². The van der Waals surface area contributed by atoms with E-state index in [1.807, 2.05) is 38.1 Å². The van der Waals surface area contributed by atoms with Crippen molar-refractivity contribution in [3.05, 3.63) is 96.1 Å². The molecule has 0 radical (unpaired) electrons. The molecule has 3 aromatic rings. The fraction of sp³-hybridized carbons (Fsp3) is 0.214. The summed E-state index contributed by atoms with van der Waals surface area (Å²) in [4.78, 5) is 12.8. The number of anilines is 1. The lowest BCUT2D eigenvalue weighted by Gasteiger charge is -2.15. The van der Waals surface area contributed by atoms with Gasteiger partial charge in [0.1, 0.15) is 17.4 Å². The molecule has 0 bridgehead atoms. The van der Waals surface area contributed by atoms with E-state index in [0.29, 0.717) is 17.3 Å². The second kappa shape index (κ2) is 11.5. The van der Waals surface area contributed by atoms with Crippen LogP contribution in [-0.2, 0) is 11.2 Å². The minimum Gasteiger partial charge on any atom is -0.494 e. The van der Waals surface area contributed by atoms with Crippen molar-refractivity contribution in [2.75, 3.05) is 11.9 Å². The van der Waals surface area contributed by atoms with Crippen LogP contribution in [0.3, 0.4) is 0 Å². The highest BCUT2D eigenvalue weighted by molar-refractivity contribution is 14.1. The number of aryl methyl sites for hydroxylation is 3. The Kier molecular flexibility index (Phi) is 8.76. The molecule has 3 rings (SSSR count). The van der Waals surface area contributed by atoms with Crippen LogP contribution in [-0.4, -0.2) is 12.5 Å². The molecular weight excluding hydrogens is 559 g/mol. The number of carbonyl (C=O) groups excluding carboxylic acids is 1. The van der Waals surface area contributed by atoms with Gasteiger partial charge in [-0.15, -0.1) is 0 Å². The first kappa shape index (κ1) is 25.8. The lowest BCUT2D eigenvalue weighted by molar-refractivity contribution is -0.112. The average Bonchev–Trinajstić information content (AvgIpc) is 2.76. The van der Waals surface area contributed by atoms with Crippen molar-refractivity contribution in [3.8, 4) is 11.8 Å². The van der Waals surface area contributed by atoms with Crippen LogP contribution in [0, 0.1) is 35.7 Å². The Balaban J connectivity index is 1.94. The van der Waals surface area contributed by atoms with Gasteiger partial charge in [0.2, 0.25) is 0 Å². The van der Waals surface area contributed by atoms with Crippen LogP contribution in [0.2, 0.25) is 5.02 Å². The predicted octanol–water partition coefficient (Wildman–Crippen LogP) is 7.41. The fourth-order valence-electron chi connectivity index (χ4n) is 3.78. The van der Waals surface area contributed by atoms with Gasteiger partial charge in [0.05, 0.1) is 6.61 Å². The Bertz CT molecular complexity index is 1290. The molecule has 1 N–H and O–H groups in total. The number of nitrogens with zero attached hydrogens (tertiary/aromatic N) is 1. The summed E-state index contributed by atoms with van der Waals surface area (Å²) < 4.78 is 6.97. The second-order valence-corrected chi connectivity index (χ2v) is 9.77. The van der Waals surface area contributed by atoms with Gasteiger partial charge >= 0.3 is 0 Å². The third kappa shape index (κ3) is 6.62. The molecule has 3 aromatic carbocycles. The van der Waals surface area contributed by atoms with Crippen LogP contribution < -0.4 is 10.1 Å². The van der Waals surface area contributed by atoms with Crippen LogP contribution in [0.5, 0.6) is 5.75 Å². The summed E-state index contributed by atoms with van der Waals surface area (Å²) >= 11 is 8.34. The first-order valence-electron chi connectivity index (χ1n) is 10.9. The van der Waals surface area contributed by atoms with E-state index < -0.39 is 5.91 Å². The summed E-state index contributed by atoms with van der Waals surface area (Å²) in [7, 11) is 0. The molecule has 0 aliphatic carbocycles. The van der Waals surface area contributed by atoms with E-state index in [-0.39, 0.29) is 5.57 Å². The molecule has 174 valence electrons. The maximum atomic E-state index is 12.8. The minimum absolute atomic E-state index is 0.000294. The summed E-state index contributed by atoms with van der Waals surface area (Å²) in [5.41, 5.74) is 6.91. The Labute approximate surface area is 219 Å². The Morgan fingerprint density at radius 2 is 1.82 bits per heavy atom. The van der Waals surface area contributed by atoms with Gasteiger partial charge in [-0.3, -0.25) is 4.79 Å². The molecule has 1 amide bonds. The van der Waals surface area contributed by atoms with Gasteiger partial charge in [-0.2, -0.15) is 5.26 Å². The molecule has 0 saturated heterocycles. The third-order valence-corrected chi connectivity index (χ3v) is 6.46. The summed E-state index contributed by atoms with van der Waals surface area (Å²) in [6, 6.07) is 17.6. The first-order valence-corrected chi connectivity index (χ1v) is 12.4. The normalized spacial score (nSPS) is 11.1. The monoisotopic (exact) mass is 584 g/mol. The molecule has 0 unspecified atom stereocenters. The molecule has 0 aliphatic heterocycles. The molecule has 0 saturated carbocycles. The number of halogens is 2. The lowest BCUT2D eigenvalue weighted by Crippen LogP contribution is -2.14. The number of amides is 1. The van der Waals surface area contributed by atoms with Crippen LogP contribution in [0.1, 0.15) is 40.3 Å². The van der Waals surface area contributed by atoms with Gasteiger partial charge in [-0.05, 0) is 97.3 Å². The number of nitrogens with one attached hydrogen (secondary N) is 1. The molecule has 6 heteroatoms. The predicted molar refractivity (Wildman–Crippen MR) is 147 cm³/mol. The van der Waals surface area contributed by atoms with Gasteiger partial charge in [0, 0.05) is 26.3 Å². The number of carbonyl (C=O) groups is 1. The van der Waals surface area contributed by atoms with Crippen molar-refractivity contribution in [3.63, 3.8) is 0 Å². The number of benzene rings is 3. The van der Waals surface area contributed by atoms with E-state index in [1.165, 1.54) is 16.7 Å². The Hall–Kier alpha value is -2.82. The molecule has 0 atom stereocenters. The maximum Gasteiger partial charge on any atom is 0.266 e. The fourth-order valence-corrected chi connectivity index (χ4v) is 4.77. The Morgan fingerprint density at radius 1 is 1.12 bits per heavy atom. The topological polar surface area (TPSA) is 62.1 Å². The number of hydrogen-bond donors (Lipinski definition) is 1. The maximum absolute atomic E-state index is 12.8. The number of ether oxygens (including phenoxy) is 1. The minimum atomic E-state index is -0.486. The summed E-state index contributed by atoms with van der Waals surface area (Å²) in [5.74, 6) is 0.267. The van der Waals surface area contributed by atoms with Crippen molar-refractivity contribution < 1.29 is 9.53 Å². The molecule has 0 heterocycles. The molecule has 4 nitrogen and oxygen atoms in total. The van der Waals surface area contributed by atoms with Crippen LogP contribution >= 0.6 is 34.2 Å². The van der Waals surface area contributed by atoms with Gasteiger partial charge in [-0.1, -0.05) is 47.0 Å². The zero-order chi connectivity index (χ0) is 24.8. The van der Waals surface area contributed by atoms with E-state index in [2.05, 4.69) is 60.0 Å². The van der Waals surface area contributed by atoms with Crippen molar-refractivity contribution in [2.24, 2.45) is 0 Å². The molecular formula is C28H26ClIN2O2. The SMILES string of the molecule is CCOc1cc(/C=C(\C#N)C(=O)Nc2cc(Cl)ccc2C)cc(I)c1Cc1cc(C)cc(C)c1. The zero-order valence-corrected chi connectivity index (χ0v) is 22.5. The summed E-state index contributed by atoms with van der Waals surface area (Å²) in [6.45, 7) is 8.52. The van der Waals surface area contributed by atoms with Gasteiger partial charge in [-0.25, -0.2) is 0 Å². The molecule has 0 spiro atoms. The number of nitriles is 1. The molecule has 0 aliphatic rings. The van der Waals surface area contributed by atoms with Crippen molar-refractivity contribution in [2.45, 2.75) is 34.1 Å².